The first-order valence-electron chi connectivity index (χ1n) is 5.52. The lowest BCUT2D eigenvalue weighted by molar-refractivity contribution is 1.05. The summed E-state index contributed by atoms with van der Waals surface area (Å²) >= 11 is 7.78. The van der Waals surface area contributed by atoms with E-state index in [0.717, 1.165) is 17.1 Å². The average Bonchev–Trinajstić information content (AvgIpc) is 2.37. The van der Waals surface area contributed by atoms with Crippen molar-refractivity contribution in [3.63, 3.8) is 0 Å². The molecule has 0 aliphatic carbocycles. The van der Waals surface area contributed by atoms with Crippen LogP contribution >= 0.6 is 23.4 Å². The van der Waals surface area contributed by atoms with E-state index in [9.17, 15) is 0 Å². The third-order valence-electron chi connectivity index (χ3n) is 2.62. The summed E-state index contributed by atoms with van der Waals surface area (Å²) in [6.07, 6.45) is 2.05. The Morgan fingerprint density at radius 2 is 1.67 bits per heavy atom. The van der Waals surface area contributed by atoms with Gasteiger partial charge in [0.25, 0.3) is 0 Å². The summed E-state index contributed by atoms with van der Waals surface area (Å²) in [5.41, 5.74) is 2.68. The van der Waals surface area contributed by atoms with Gasteiger partial charge in [-0.25, -0.2) is 9.97 Å². The molecule has 0 fully saturated rings. The average molecular weight is 280 g/mol. The van der Waals surface area contributed by atoms with Crippen LogP contribution in [0, 0.1) is 13.8 Å². The Balaban J connectivity index is 2.25. The van der Waals surface area contributed by atoms with Crippen molar-refractivity contribution in [2.24, 2.45) is 0 Å². The van der Waals surface area contributed by atoms with Gasteiger partial charge in [0.05, 0.1) is 11.4 Å². The molecule has 1 N–H and O–H groups in total. The van der Waals surface area contributed by atoms with Crippen LogP contribution in [0.1, 0.15) is 11.4 Å². The van der Waals surface area contributed by atoms with Gasteiger partial charge in [0.2, 0.25) is 0 Å². The summed E-state index contributed by atoms with van der Waals surface area (Å²) in [6.45, 7) is 3.81. The van der Waals surface area contributed by atoms with E-state index in [1.165, 1.54) is 4.90 Å². The van der Waals surface area contributed by atoms with E-state index >= 15 is 0 Å². The summed E-state index contributed by atoms with van der Waals surface area (Å²) in [7, 11) is 0. The van der Waals surface area contributed by atoms with Crippen LogP contribution < -0.4 is 5.32 Å². The highest BCUT2D eigenvalue weighted by molar-refractivity contribution is 7.98. The Morgan fingerprint density at radius 1 is 1.06 bits per heavy atom. The molecule has 0 aliphatic heterocycles. The van der Waals surface area contributed by atoms with Crippen molar-refractivity contribution < 1.29 is 0 Å². The standard InChI is InChI=1S/C13H14ClN3S/c1-8-9(2)16-13(12(14)15-8)17-10-4-6-11(18-3)7-5-10/h4-7H,1-3H3,(H,16,17). The van der Waals surface area contributed by atoms with Gasteiger partial charge in [-0.3, -0.25) is 0 Å². The molecule has 0 saturated carbocycles. The summed E-state index contributed by atoms with van der Waals surface area (Å²) in [4.78, 5) is 9.86. The number of thioether (sulfide) groups is 1. The predicted octanol–water partition coefficient (Wildman–Crippen LogP) is 4.21. The van der Waals surface area contributed by atoms with Gasteiger partial charge in [-0.05, 0) is 44.4 Å². The molecule has 1 aromatic heterocycles. The van der Waals surface area contributed by atoms with Crippen molar-refractivity contribution >= 4 is 34.9 Å². The number of halogens is 1. The first-order valence-corrected chi connectivity index (χ1v) is 7.12. The SMILES string of the molecule is CSc1ccc(Nc2nc(C)c(C)nc2Cl)cc1. The number of hydrogen-bond donors (Lipinski definition) is 1. The number of nitrogens with zero attached hydrogens (tertiary/aromatic N) is 2. The Morgan fingerprint density at radius 3 is 2.28 bits per heavy atom. The number of aromatic nitrogens is 2. The largest absolute Gasteiger partial charge is 0.338 e. The molecule has 1 heterocycles. The Labute approximate surface area is 116 Å². The van der Waals surface area contributed by atoms with Crippen molar-refractivity contribution in [3.05, 3.63) is 40.8 Å². The maximum absolute atomic E-state index is 6.07. The second kappa shape index (κ2) is 5.59. The minimum atomic E-state index is 0.395. The summed E-state index contributed by atoms with van der Waals surface area (Å²) in [5, 5.41) is 3.57. The molecule has 0 unspecified atom stereocenters. The molecule has 2 rings (SSSR count). The van der Waals surface area contributed by atoms with Crippen molar-refractivity contribution in [2.75, 3.05) is 11.6 Å². The highest BCUT2D eigenvalue weighted by Crippen LogP contribution is 2.24. The van der Waals surface area contributed by atoms with Gasteiger partial charge in [0, 0.05) is 10.6 Å². The van der Waals surface area contributed by atoms with E-state index in [2.05, 4.69) is 27.4 Å². The van der Waals surface area contributed by atoms with Crippen LogP contribution in [0.3, 0.4) is 0 Å². The molecule has 0 atom stereocenters. The van der Waals surface area contributed by atoms with Gasteiger partial charge in [-0.1, -0.05) is 11.6 Å². The smallest absolute Gasteiger partial charge is 0.172 e. The molecular formula is C13H14ClN3S. The van der Waals surface area contributed by atoms with Crippen LogP contribution in [0.2, 0.25) is 5.15 Å². The van der Waals surface area contributed by atoms with Crippen molar-refractivity contribution in [1.82, 2.24) is 9.97 Å². The van der Waals surface area contributed by atoms with Gasteiger partial charge in [0.1, 0.15) is 0 Å². The molecule has 2 aromatic rings. The maximum atomic E-state index is 6.07. The molecule has 5 heteroatoms. The van der Waals surface area contributed by atoms with Crippen LogP contribution in [0.5, 0.6) is 0 Å². The molecule has 18 heavy (non-hydrogen) atoms. The maximum Gasteiger partial charge on any atom is 0.172 e. The first kappa shape index (κ1) is 13.2. The third kappa shape index (κ3) is 2.94. The lowest BCUT2D eigenvalue weighted by atomic mass is 10.3. The molecule has 94 valence electrons. The number of rotatable bonds is 3. The van der Waals surface area contributed by atoms with Gasteiger partial charge in [-0.2, -0.15) is 0 Å². The first-order chi connectivity index (χ1) is 8.60. The van der Waals surface area contributed by atoms with E-state index < -0.39 is 0 Å². The Bertz CT molecular complexity index is 555. The number of nitrogens with one attached hydrogen (secondary N) is 1. The van der Waals surface area contributed by atoms with Gasteiger partial charge >= 0.3 is 0 Å². The van der Waals surface area contributed by atoms with E-state index in [0.29, 0.717) is 11.0 Å². The fourth-order valence-electron chi connectivity index (χ4n) is 1.47. The molecule has 0 bridgehead atoms. The summed E-state index contributed by atoms with van der Waals surface area (Å²) < 4.78 is 0. The van der Waals surface area contributed by atoms with Crippen LogP contribution in [0.4, 0.5) is 11.5 Å². The van der Waals surface area contributed by atoms with Gasteiger partial charge < -0.3 is 5.32 Å². The van der Waals surface area contributed by atoms with E-state index in [1.54, 1.807) is 11.8 Å². The lowest BCUT2D eigenvalue weighted by Crippen LogP contribution is -2.00. The molecular weight excluding hydrogens is 266 g/mol. The van der Waals surface area contributed by atoms with Crippen LogP contribution in [-0.4, -0.2) is 16.2 Å². The van der Waals surface area contributed by atoms with E-state index in [1.807, 2.05) is 32.2 Å². The normalized spacial score (nSPS) is 10.4. The topological polar surface area (TPSA) is 37.8 Å². The number of benzene rings is 1. The highest BCUT2D eigenvalue weighted by atomic mass is 35.5. The summed E-state index contributed by atoms with van der Waals surface area (Å²) in [6, 6.07) is 8.10. The Kier molecular flexibility index (Phi) is 4.09. The molecule has 3 nitrogen and oxygen atoms in total. The van der Waals surface area contributed by atoms with Crippen molar-refractivity contribution in [2.45, 2.75) is 18.7 Å². The third-order valence-corrected chi connectivity index (χ3v) is 3.62. The van der Waals surface area contributed by atoms with E-state index in [-0.39, 0.29) is 0 Å². The minimum Gasteiger partial charge on any atom is -0.338 e. The van der Waals surface area contributed by atoms with Crippen molar-refractivity contribution in [1.29, 1.82) is 0 Å². The second-order valence-corrected chi connectivity index (χ2v) is 5.13. The molecule has 0 spiro atoms. The number of hydrogen-bond acceptors (Lipinski definition) is 4. The van der Waals surface area contributed by atoms with Crippen LogP contribution in [0.25, 0.3) is 0 Å². The fourth-order valence-corrected chi connectivity index (χ4v) is 2.09. The molecule has 1 aromatic carbocycles. The minimum absolute atomic E-state index is 0.395. The zero-order valence-electron chi connectivity index (χ0n) is 10.5. The second-order valence-electron chi connectivity index (χ2n) is 3.89. The van der Waals surface area contributed by atoms with Crippen molar-refractivity contribution in [3.8, 4) is 0 Å². The molecule has 0 radical (unpaired) electrons. The van der Waals surface area contributed by atoms with Gasteiger partial charge in [0.15, 0.2) is 11.0 Å². The zero-order valence-corrected chi connectivity index (χ0v) is 12.1. The monoisotopic (exact) mass is 279 g/mol. The Hall–Kier alpha value is -1.26. The fraction of sp³-hybridized carbons (Fsp3) is 0.231. The quantitative estimate of drug-likeness (QED) is 0.854. The number of anilines is 2. The van der Waals surface area contributed by atoms with Gasteiger partial charge in [-0.15, -0.1) is 11.8 Å². The molecule has 0 amide bonds. The highest BCUT2D eigenvalue weighted by Gasteiger charge is 2.07. The lowest BCUT2D eigenvalue weighted by Gasteiger charge is -2.09. The zero-order chi connectivity index (χ0) is 13.1. The molecule has 0 saturated heterocycles. The van der Waals surface area contributed by atoms with E-state index in [4.69, 9.17) is 11.6 Å². The van der Waals surface area contributed by atoms with Crippen LogP contribution in [-0.2, 0) is 0 Å². The summed E-state index contributed by atoms with van der Waals surface area (Å²) in [5.74, 6) is 0.594. The molecule has 0 aliphatic rings. The predicted molar refractivity (Wildman–Crippen MR) is 78.0 cm³/mol. The number of aryl methyl sites for hydroxylation is 2. The van der Waals surface area contributed by atoms with Crippen LogP contribution in [0.15, 0.2) is 29.2 Å².